The minimum atomic E-state index is 1.02. The maximum atomic E-state index is 5.68. The van der Waals surface area contributed by atoms with E-state index in [-0.39, 0.29) is 0 Å². The number of nitrogens with zero attached hydrogens (tertiary/aromatic N) is 1. The van der Waals surface area contributed by atoms with Gasteiger partial charge in [0.25, 0.3) is 0 Å². The van der Waals surface area contributed by atoms with Crippen LogP contribution in [-0.2, 0) is 0 Å². The number of para-hydroxylation sites is 2. The van der Waals surface area contributed by atoms with Gasteiger partial charge in [-0.25, -0.2) is 0 Å². The van der Waals surface area contributed by atoms with E-state index in [1.165, 1.54) is 134 Å². The molecule has 33 heavy (non-hydrogen) atoms. The highest BCUT2D eigenvalue weighted by Gasteiger charge is 2.11. The van der Waals surface area contributed by atoms with Crippen LogP contribution in [-0.4, -0.2) is 20.2 Å². The molecule has 0 aromatic heterocycles. The van der Waals surface area contributed by atoms with Gasteiger partial charge in [-0.05, 0) is 25.0 Å². The number of benzene rings is 1. The summed E-state index contributed by atoms with van der Waals surface area (Å²) in [6.07, 6.45) is 27.9. The third-order valence-electron chi connectivity index (χ3n) is 6.99. The van der Waals surface area contributed by atoms with E-state index in [2.05, 4.69) is 43.0 Å². The smallest absolute Gasteiger partial charge is 0.142 e. The second-order valence-corrected chi connectivity index (χ2v) is 10.0. The quantitative estimate of drug-likeness (QED) is 0.142. The van der Waals surface area contributed by atoms with Crippen molar-refractivity contribution in [2.24, 2.45) is 0 Å². The Morgan fingerprint density at radius 2 is 0.879 bits per heavy atom. The zero-order chi connectivity index (χ0) is 23.8. The Bertz CT molecular complexity index is 505. The average molecular weight is 460 g/mol. The lowest BCUT2D eigenvalue weighted by Gasteiger charge is -2.26. The second-order valence-electron chi connectivity index (χ2n) is 10.0. The van der Waals surface area contributed by atoms with Gasteiger partial charge in [-0.3, -0.25) is 0 Å². The molecule has 2 nitrogen and oxygen atoms in total. The summed E-state index contributed by atoms with van der Waals surface area (Å²) in [5, 5.41) is 0. The van der Waals surface area contributed by atoms with Crippen LogP contribution in [0.5, 0.6) is 5.75 Å². The third kappa shape index (κ3) is 16.1. The van der Waals surface area contributed by atoms with Gasteiger partial charge in [-0.1, -0.05) is 142 Å². The average Bonchev–Trinajstić information content (AvgIpc) is 2.85. The number of unbranched alkanes of at least 4 members (excludes halogenated alkanes) is 18. The zero-order valence-electron chi connectivity index (χ0n) is 22.7. The first-order valence-corrected chi connectivity index (χ1v) is 14.7. The van der Waals surface area contributed by atoms with Crippen molar-refractivity contribution >= 4 is 5.69 Å². The van der Waals surface area contributed by atoms with E-state index < -0.39 is 0 Å². The fourth-order valence-corrected chi connectivity index (χ4v) is 4.82. The van der Waals surface area contributed by atoms with E-state index in [1.54, 1.807) is 7.11 Å². The molecular formula is C31H57NO. The largest absolute Gasteiger partial charge is 0.495 e. The highest BCUT2D eigenvalue weighted by molar-refractivity contribution is 5.58. The molecule has 0 aliphatic carbocycles. The Hall–Kier alpha value is -1.18. The number of hydrogen-bond donors (Lipinski definition) is 0. The first-order chi connectivity index (χ1) is 16.3. The van der Waals surface area contributed by atoms with Crippen molar-refractivity contribution in [2.75, 3.05) is 25.1 Å². The molecule has 0 radical (unpaired) electrons. The van der Waals surface area contributed by atoms with Crippen LogP contribution in [0.1, 0.15) is 142 Å². The van der Waals surface area contributed by atoms with Gasteiger partial charge in [0.1, 0.15) is 5.75 Å². The minimum Gasteiger partial charge on any atom is -0.495 e. The predicted molar refractivity (Wildman–Crippen MR) is 149 cm³/mol. The summed E-state index contributed by atoms with van der Waals surface area (Å²) < 4.78 is 5.68. The van der Waals surface area contributed by atoms with Crippen LogP contribution in [0.15, 0.2) is 24.3 Å². The molecule has 0 heterocycles. The number of rotatable bonds is 24. The molecule has 0 aliphatic rings. The second kappa shape index (κ2) is 22.6. The van der Waals surface area contributed by atoms with Crippen LogP contribution in [0.4, 0.5) is 5.69 Å². The fourth-order valence-electron chi connectivity index (χ4n) is 4.82. The van der Waals surface area contributed by atoms with Gasteiger partial charge in [-0.15, -0.1) is 0 Å². The Kier molecular flexibility index (Phi) is 20.4. The lowest BCUT2D eigenvalue weighted by Crippen LogP contribution is -2.26. The molecule has 0 N–H and O–H groups in total. The van der Waals surface area contributed by atoms with Crippen LogP contribution in [0.25, 0.3) is 0 Å². The maximum absolute atomic E-state index is 5.68. The standard InChI is InChI=1S/C31H57NO/c1-4-6-8-10-12-14-16-18-20-24-28-32(30-26-22-23-27-31(30)33-3)29-25-21-19-17-15-13-11-9-7-5-2/h22-23,26-27H,4-21,24-25,28-29H2,1-3H3. The van der Waals surface area contributed by atoms with Gasteiger partial charge in [0, 0.05) is 13.1 Å². The molecule has 0 aliphatic heterocycles. The van der Waals surface area contributed by atoms with E-state index in [1.807, 2.05) is 0 Å². The molecule has 0 atom stereocenters. The predicted octanol–water partition coefficient (Wildman–Crippen LogP) is 10.3. The van der Waals surface area contributed by atoms with Crippen molar-refractivity contribution in [1.82, 2.24) is 0 Å². The summed E-state index contributed by atoms with van der Waals surface area (Å²) in [5.74, 6) is 1.02. The van der Waals surface area contributed by atoms with Gasteiger partial charge in [0.15, 0.2) is 0 Å². The topological polar surface area (TPSA) is 12.5 Å². The molecule has 2 heteroatoms. The van der Waals surface area contributed by atoms with Gasteiger partial charge in [0.2, 0.25) is 0 Å². The Labute approximate surface area is 207 Å². The van der Waals surface area contributed by atoms with Crippen LogP contribution >= 0.6 is 0 Å². The van der Waals surface area contributed by atoms with Crippen LogP contribution < -0.4 is 9.64 Å². The van der Waals surface area contributed by atoms with Crippen molar-refractivity contribution in [1.29, 1.82) is 0 Å². The Balaban J connectivity index is 2.25. The van der Waals surface area contributed by atoms with E-state index in [0.717, 1.165) is 18.8 Å². The molecule has 0 unspecified atom stereocenters. The molecule has 192 valence electrons. The van der Waals surface area contributed by atoms with Crippen molar-refractivity contribution in [3.05, 3.63) is 24.3 Å². The highest BCUT2D eigenvalue weighted by Crippen LogP contribution is 2.28. The van der Waals surface area contributed by atoms with E-state index in [9.17, 15) is 0 Å². The number of anilines is 1. The molecule has 1 aromatic rings. The van der Waals surface area contributed by atoms with Crippen LogP contribution in [0.3, 0.4) is 0 Å². The number of methoxy groups -OCH3 is 1. The number of ether oxygens (including phenoxy) is 1. The van der Waals surface area contributed by atoms with Crippen LogP contribution in [0, 0.1) is 0 Å². The molecule has 0 saturated heterocycles. The van der Waals surface area contributed by atoms with Crippen molar-refractivity contribution < 1.29 is 4.74 Å². The van der Waals surface area contributed by atoms with E-state index in [4.69, 9.17) is 4.74 Å². The van der Waals surface area contributed by atoms with Crippen molar-refractivity contribution in [2.45, 2.75) is 142 Å². The van der Waals surface area contributed by atoms with E-state index in [0.29, 0.717) is 0 Å². The summed E-state index contributed by atoms with van der Waals surface area (Å²) in [4.78, 5) is 2.59. The van der Waals surface area contributed by atoms with E-state index >= 15 is 0 Å². The van der Waals surface area contributed by atoms with Crippen molar-refractivity contribution in [3.63, 3.8) is 0 Å². The normalized spacial score (nSPS) is 11.1. The minimum absolute atomic E-state index is 1.02. The van der Waals surface area contributed by atoms with Gasteiger partial charge in [0.05, 0.1) is 12.8 Å². The number of hydrogen-bond acceptors (Lipinski definition) is 2. The summed E-state index contributed by atoms with van der Waals surface area (Å²) in [5.41, 5.74) is 1.28. The van der Waals surface area contributed by atoms with Gasteiger partial charge < -0.3 is 9.64 Å². The maximum Gasteiger partial charge on any atom is 0.142 e. The fraction of sp³-hybridized carbons (Fsp3) is 0.806. The summed E-state index contributed by atoms with van der Waals surface area (Å²) in [7, 11) is 1.80. The molecule has 0 spiro atoms. The summed E-state index contributed by atoms with van der Waals surface area (Å²) in [6, 6.07) is 8.59. The lowest BCUT2D eigenvalue weighted by atomic mass is 10.1. The molecule has 1 aromatic carbocycles. The molecule has 0 bridgehead atoms. The van der Waals surface area contributed by atoms with Gasteiger partial charge >= 0.3 is 0 Å². The highest BCUT2D eigenvalue weighted by atomic mass is 16.5. The molecule has 0 amide bonds. The molecule has 1 rings (SSSR count). The van der Waals surface area contributed by atoms with Gasteiger partial charge in [-0.2, -0.15) is 0 Å². The molecule has 0 fully saturated rings. The van der Waals surface area contributed by atoms with Crippen LogP contribution in [0.2, 0.25) is 0 Å². The lowest BCUT2D eigenvalue weighted by molar-refractivity contribution is 0.413. The summed E-state index contributed by atoms with van der Waals surface area (Å²) >= 11 is 0. The zero-order valence-corrected chi connectivity index (χ0v) is 22.7. The SMILES string of the molecule is CCCCCCCCCCCCN(CCCCCCCCCCCC)c1ccccc1OC. The molecular weight excluding hydrogens is 402 g/mol. The first-order valence-electron chi connectivity index (χ1n) is 14.7. The monoisotopic (exact) mass is 459 g/mol. The van der Waals surface area contributed by atoms with Crippen molar-refractivity contribution in [3.8, 4) is 5.75 Å². The Morgan fingerprint density at radius 3 is 1.27 bits per heavy atom. The molecule has 0 saturated carbocycles. The Morgan fingerprint density at radius 1 is 0.515 bits per heavy atom. The first kappa shape index (κ1) is 29.9. The summed E-state index contributed by atoms with van der Waals surface area (Å²) in [6.45, 7) is 6.91. The third-order valence-corrected chi connectivity index (χ3v) is 6.99.